The van der Waals surface area contributed by atoms with E-state index in [0.29, 0.717) is 17.9 Å². The Morgan fingerprint density at radius 1 is 1.56 bits per heavy atom. The molecular formula is C13H17NO4. The van der Waals surface area contributed by atoms with Gasteiger partial charge in [-0.1, -0.05) is 12.8 Å². The maximum atomic E-state index is 10.7. The largest absolute Gasteiger partial charge is 0.493 e. The van der Waals surface area contributed by atoms with E-state index in [2.05, 4.69) is 0 Å². The number of nitrogens with zero attached hydrogens (tertiary/aromatic N) is 1. The summed E-state index contributed by atoms with van der Waals surface area (Å²) >= 11 is 0. The van der Waals surface area contributed by atoms with Gasteiger partial charge in [0, 0.05) is 17.7 Å². The minimum Gasteiger partial charge on any atom is -0.493 e. The van der Waals surface area contributed by atoms with Crippen LogP contribution in [0.4, 0.5) is 5.69 Å². The number of aliphatic hydroxyl groups excluding tert-OH is 1. The first-order valence-corrected chi connectivity index (χ1v) is 6.17. The topological polar surface area (TPSA) is 72.6 Å². The second-order valence-corrected chi connectivity index (χ2v) is 4.74. The van der Waals surface area contributed by atoms with Crippen LogP contribution in [0.15, 0.2) is 18.2 Å². The summed E-state index contributed by atoms with van der Waals surface area (Å²) in [5.41, 5.74) is 0.445. The van der Waals surface area contributed by atoms with E-state index in [1.54, 1.807) is 13.0 Å². The fourth-order valence-electron chi connectivity index (χ4n) is 1.85. The van der Waals surface area contributed by atoms with Crippen LogP contribution < -0.4 is 4.74 Å². The quantitative estimate of drug-likeness (QED) is 0.623. The van der Waals surface area contributed by atoms with Crippen molar-refractivity contribution in [1.29, 1.82) is 0 Å². The first kappa shape index (κ1) is 12.8. The highest BCUT2D eigenvalue weighted by molar-refractivity contribution is 5.44. The zero-order valence-electron chi connectivity index (χ0n) is 10.3. The van der Waals surface area contributed by atoms with Gasteiger partial charge in [-0.3, -0.25) is 10.1 Å². The van der Waals surface area contributed by atoms with E-state index in [0.717, 1.165) is 12.3 Å². The Morgan fingerprint density at radius 3 is 2.83 bits per heavy atom. The lowest BCUT2D eigenvalue weighted by atomic mass is 10.1. The smallest absolute Gasteiger partial charge is 0.270 e. The number of ether oxygens (including phenoxy) is 1. The number of benzene rings is 1. The van der Waals surface area contributed by atoms with Crippen molar-refractivity contribution >= 4 is 5.69 Å². The molecule has 18 heavy (non-hydrogen) atoms. The monoisotopic (exact) mass is 251 g/mol. The maximum absolute atomic E-state index is 10.7. The molecule has 0 aliphatic heterocycles. The lowest BCUT2D eigenvalue weighted by molar-refractivity contribution is -0.385. The first-order valence-electron chi connectivity index (χ1n) is 6.17. The Bertz CT molecular complexity index is 441. The van der Waals surface area contributed by atoms with Crippen molar-refractivity contribution in [2.24, 2.45) is 5.92 Å². The van der Waals surface area contributed by atoms with Crippen LogP contribution in [0.25, 0.3) is 0 Å². The van der Waals surface area contributed by atoms with Crippen molar-refractivity contribution < 1.29 is 14.8 Å². The number of rotatable bonds is 6. The summed E-state index contributed by atoms with van der Waals surface area (Å²) < 4.78 is 5.60. The van der Waals surface area contributed by atoms with Crippen LogP contribution in [0.3, 0.4) is 0 Å². The van der Waals surface area contributed by atoms with Gasteiger partial charge in [0.15, 0.2) is 0 Å². The summed E-state index contributed by atoms with van der Waals surface area (Å²) in [5, 5.41) is 20.3. The predicted octanol–water partition coefficient (Wildman–Crippen LogP) is 2.83. The van der Waals surface area contributed by atoms with Gasteiger partial charge in [0.2, 0.25) is 0 Å². The molecule has 0 saturated heterocycles. The third kappa shape index (κ3) is 3.20. The molecule has 1 aromatic rings. The molecule has 5 nitrogen and oxygen atoms in total. The molecule has 0 spiro atoms. The molecule has 1 aliphatic carbocycles. The third-order valence-corrected chi connectivity index (χ3v) is 3.13. The highest BCUT2D eigenvalue weighted by atomic mass is 16.6. The molecule has 2 rings (SSSR count). The van der Waals surface area contributed by atoms with Crippen molar-refractivity contribution in [3.05, 3.63) is 33.9 Å². The van der Waals surface area contributed by atoms with Crippen molar-refractivity contribution in [2.45, 2.75) is 32.3 Å². The Kier molecular flexibility index (Phi) is 3.81. The van der Waals surface area contributed by atoms with Crippen molar-refractivity contribution in [1.82, 2.24) is 0 Å². The highest BCUT2D eigenvalue weighted by Gasteiger charge is 2.21. The first-order chi connectivity index (χ1) is 8.58. The SMILES string of the molecule is C[C@H](O)c1cc([N+](=O)[O-])ccc1OCCC1CC1. The zero-order chi connectivity index (χ0) is 13.1. The molecule has 1 fully saturated rings. The average Bonchev–Trinajstić information content (AvgIpc) is 3.13. The van der Waals surface area contributed by atoms with Crippen LogP contribution in [-0.2, 0) is 0 Å². The van der Waals surface area contributed by atoms with Gasteiger partial charge in [0.05, 0.1) is 17.6 Å². The second kappa shape index (κ2) is 5.35. The molecule has 1 atom stereocenters. The van der Waals surface area contributed by atoms with E-state index < -0.39 is 11.0 Å². The van der Waals surface area contributed by atoms with E-state index in [1.165, 1.54) is 25.0 Å². The van der Waals surface area contributed by atoms with Crippen LogP contribution in [0.2, 0.25) is 0 Å². The Morgan fingerprint density at radius 2 is 2.28 bits per heavy atom. The standard InChI is InChI=1S/C13H17NO4/c1-9(15)12-8-11(14(16)17)4-5-13(12)18-7-6-10-2-3-10/h4-5,8-10,15H,2-3,6-7H2,1H3/t9-/m0/s1. The van der Waals surface area contributed by atoms with Gasteiger partial charge in [-0.25, -0.2) is 0 Å². The van der Waals surface area contributed by atoms with Crippen LogP contribution in [-0.4, -0.2) is 16.6 Å². The predicted molar refractivity (Wildman–Crippen MR) is 66.6 cm³/mol. The molecule has 0 unspecified atom stereocenters. The maximum Gasteiger partial charge on any atom is 0.270 e. The van der Waals surface area contributed by atoms with Crippen molar-refractivity contribution in [3.63, 3.8) is 0 Å². The van der Waals surface area contributed by atoms with Gasteiger partial charge in [-0.2, -0.15) is 0 Å². The lowest BCUT2D eigenvalue weighted by Gasteiger charge is -2.13. The minimum atomic E-state index is -0.777. The summed E-state index contributed by atoms with van der Waals surface area (Å²) in [6, 6.07) is 4.34. The number of nitro groups is 1. The minimum absolute atomic E-state index is 0.0274. The third-order valence-electron chi connectivity index (χ3n) is 3.13. The van der Waals surface area contributed by atoms with E-state index >= 15 is 0 Å². The fourth-order valence-corrected chi connectivity index (χ4v) is 1.85. The van der Waals surface area contributed by atoms with E-state index in [4.69, 9.17) is 4.74 Å². The molecule has 0 aromatic heterocycles. The molecule has 1 aliphatic rings. The molecule has 98 valence electrons. The summed E-state index contributed by atoms with van der Waals surface area (Å²) in [7, 11) is 0. The molecule has 5 heteroatoms. The molecule has 0 amide bonds. The second-order valence-electron chi connectivity index (χ2n) is 4.74. The van der Waals surface area contributed by atoms with E-state index in [-0.39, 0.29) is 5.69 Å². The van der Waals surface area contributed by atoms with Crippen LogP contribution in [0, 0.1) is 16.0 Å². The Labute approximate surface area is 106 Å². The molecule has 0 radical (unpaired) electrons. The van der Waals surface area contributed by atoms with Gasteiger partial charge >= 0.3 is 0 Å². The zero-order valence-corrected chi connectivity index (χ0v) is 10.3. The van der Waals surface area contributed by atoms with Gasteiger partial charge in [0.1, 0.15) is 5.75 Å². The van der Waals surface area contributed by atoms with Gasteiger partial charge in [-0.15, -0.1) is 0 Å². The normalized spacial score (nSPS) is 16.3. The average molecular weight is 251 g/mol. The summed E-state index contributed by atoms with van der Waals surface area (Å²) in [5.74, 6) is 1.31. The van der Waals surface area contributed by atoms with Gasteiger partial charge < -0.3 is 9.84 Å². The van der Waals surface area contributed by atoms with Gasteiger partial charge in [0.25, 0.3) is 5.69 Å². The van der Waals surface area contributed by atoms with Crippen molar-refractivity contribution in [2.75, 3.05) is 6.61 Å². The molecular weight excluding hydrogens is 234 g/mol. The van der Waals surface area contributed by atoms with E-state index in [9.17, 15) is 15.2 Å². The molecule has 0 bridgehead atoms. The van der Waals surface area contributed by atoms with Crippen LogP contribution in [0.5, 0.6) is 5.75 Å². The van der Waals surface area contributed by atoms with Crippen LogP contribution in [0.1, 0.15) is 37.9 Å². The summed E-state index contributed by atoms with van der Waals surface area (Å²) in [6.07, 6.45) is 2.77. The molecule has 1 saturated carbocycles. The highest BCUT2D eigenvalue weighted by Crippen LogP contribution is 2.33. The van der Waals surface area contributed by atoms with Crippen molar-refractivity contribution in [3.8, 4) is 5.75 Å². The lowest BCUT2D eigenvalue weighted by Crippen LogP contribution is -2.03. The summed E-state index contributed by atoms with van der Waals surface area (Å²) in [6.45, 7) is 2.18. The van der Waals surface area contributed by atoms with Crippen LogP contribution >= 0.6 is 0 Å². The number of nitro benzene ring substituents is 1. The Hall–Kier alpha value is -1.62. The number of hydrogen-bond donors (Lipinski definition) is 1. The number of hydrogen-bond acceptors (Lipinski definition) is 4. The van der Waals surface area contributed by atoms with Gasteiger partial charge in [-0.05, 0) is 25.3 Å². The molecule has 0 heterocycles. The Balaban J connectivity index is 2.08. The fraction of sp³-hybridized carbons (Fsp3) is 0.538. The number of non-ortho nitro benzene ring substituents is 1. The number of aliphatic hydroxyl groups is 1. The van der Waals surface area contributed by atoms with E-state index in [1.807, 2.05) is 0 Å². The molecule has 1 aromatic carbocycles. The summed E-state index contributed by atoms with van der Waals surface area (Å²) in [4.78, 5) is 10.2. The molecule has 1 N–H and O–H groups in total.